The zero-order valence-corrected chi connectivity index (χ0v) is 15.1. The number of benzene rings is 1. The summed E-state index contributed by atoms with van der Waals surface area (Å²) in [7, 11) is 0. The summed E-state index contributed by atoms with van der Waals surface area (Å²) in [5.74, 6) is -0.201. The standard InChI is InChI=1S/C19H23NO3S/c1-13(2)8-10-20-17(21)12-23-19(22)18-16(9-11-24-18)15-6-4-14(3)5-7-15/h4-7,9,11,13H,8,10,12H2,1-3H3,(H,20,21). The van der Waals surface area contributed by atoms with Crippen LogP contribution in [-0.2, 0) is 9.53 Å². The van der Waals surface area contributed by atoms with Crippen molar-refractivity contribution in [3.8, 4) is 11.1 Å². The van der Waals surface area contributed by atoms with E-state index in [-0.39, 0.29) is 12.5 Å². The maximum atomic E-state index is 12.3. The molecule has 0 saturated carbocycles. The van der Waals surface area contributed by atoms with Gasteiger partial charge in [0.05, 0.1) is 0 Å². The Bertz CT molecular complexity index is 689. The van der Waals surface area contributed by atoms with Gasteiger partial charge in [-0.05, 0) is 36.3 Å². The molecule has 5 heteroatoms. The highest BCUT2D eigenvalue weighted by molar-refractivity contribution is 7.12. The predicted octanol–water partition coefficient (Wildman–Crippen LogP) is 4.04. The Balaban J connectivity index is 1.93. The fraction of sp³-hybridized carbons (Fsp3) is 0.368. The highest BCUT2D eigenvalue weighted by Crippen LogP contribution is 2.29. The zero-order chi connectivity index (χ0) is 17.5. The van der Waals surface area contributed by atoms with Crippen molar-refractivity contribution in [2.24, 2.45) is 5.92 Å². The number of thiophene rings is 1. The smallest absolute Gasteiger partial charge is 0.349 e. The van der Waals surface area contributed by atoms with Crippen LogP contribution in [0.2, 0.25) is 0 Å². The zero-order valence-electron chi connectivity index (χ0n) is 14.3. The summed E-state index contributed by atoms with van der Waals surface area (Å²) in [6, 6.07) is 9.86. The van der Waals surface area contributed by atoms with Gasteiger partial charge in [0.1, 0.15) is 4.88 Å². The minimum Gasteiger partial charge on any atom is -0.451 e. The summed E-state index contributed by atoms with van der Waals surface area (Å²) in [5.41, 5.74) is 2.97. The van der Waals surface area contributed by atoms with Crippen LogP contribution in [0.15, 0.2) is 35.7 Å². The van der Waals surface area contributed by atoms with E-state index in [4.69, 9.17) is 4.74 Å². The summed E-state index contributed by atoms with van der Waals surface area (Å²) < 4.78 is 5.15. The molecule has 24 heavy (non-hydrogen) atoms. The fourth-order valence-corrected chi connectivity index (χ4v) is 2.98. The highest BCUT2D eigenvalue weighted by atomic mass is 32.1. The molecule has 0 bridgehead atoms. The number of ether oxygens (including phenoxy) is 1. The number of hydrogen-bond acceptors (Lipinski definition) is 4. The van der Waals surface area contributed by atoms with Crippen molar-refractivity contribution in [3.05, 3.63) is 46.2 Å². The number of amides is 1. The Kier molecular flexibility index (Phi) is 6.55. The molecular formula is C19H23NO3S. The van der Waals surface area contributed by atoms with Gasteiger partial charge in [-0.15, -0.1) is 11.3 Å². The molecule has 2 aromatic rings. The normalized spacial score (nSPS) is 10.7. The first-order valence-corrected chi connectivity index (χ1v) is 8.93. The number of esters is 1. The molecular weight excluding hydrogens is 322 g/mol. The molecule has 0 atom stereocenters. The van der Waals surface area contributed by atoms with Gasteiger partial charge in [0.25, 0.3) is 5.91 Å². The first-order valence-electron chi connectivity index (χ1n) is 8.05. The molecule has 0 radical (unpaired) electrons. The number of nitrogens with one attached hydrogen (secondary N) is 1. The van der Waals surface area contributed by atoms with Gasteiger partial charge in [-0.3, -0.25) is 4.79 Å². The van der Waals surface area contributed by atoms with Crippen molar-refractivity contribution in [2.45, 2.75) is 27.2 Å². The summed E-state index contributed by atoms with van der Waals surface area (Å²) in [4.78, 5) is 24.5. The molecule has 0 aliphatic heterocycles. The average Bonchev–Trinajstić information content (AvgIpc) is 3.02. The van der Waals surface area contributed by atoms with E-state index < -0.39 is 5.97 Å². The van der Waals surface area contributed by atoms with Gasteiger partial charge >= 0.3 is 5.97 Å². The van der Waals surface area contributed by atoms with E-state index in [1.165, 1.54) is 11.3 Å². The predicted molar refractivity (Wildman–Crippen MR) is 97.2 cm³/mol. The fourth-order valence-electron chi connectivity index (χ4n) is 2.18. The quantitative estimate of drug-likeness (QED) is 0.771. The Labute approximate surface area is 146 Å². The molecule has 1 heterocycles. The van der Waals surface area contributed by atoms with Crippen LogP contribution in [0.3, 0.4) is 0 Å². The van der Waals surface area contributed by atoms with Crippen molar-refractivity contribution >= 4 is 23.2 Å². The second-order valence-electron chi connectivity index (χ2n) is 6.14. The van der Waals surface area contributed by atoms with E-state index in [1.807, 2.05) is 42.6 Å². The topological polar surface area (TPSA) is 55.4 Å². The molecule has 2 rings (SSSR count). The van der Waals surface area contributed by atoms with Gasteiger partial charge in [-0.2, -0.15) is 0 Å². The molecule has 0 aliphatic carbocycles. The van der Waals surface area contributed by atoms with E-state index in [9.17, 15) is 9.59 Å². The second-order valence-corrected chi connectivity index (χ2v) is 7.05. The van der Waals surface area contributed by atoms with Gasteiger partial charge in [0, 0.05) is 12.1 Å². The minimum absolute atomic E-state index is 0.248. The molecule has 128 valence electrons. The lowest BCUT2D eigenvalue weighted by atomic mass is 10.1. The van der Waals surface area contributed by atoms with Crippen LogP contribution in [0.5, 0.6) is 0 Å². The van der Waals surface area contributed by atoms with Crippen LogP contribution in [0, 0.1) is 12.8 Å². The Morgan fingerprint density at radius 1 is 1.17 bits per heavy atom. The lowest BCUT2D eigenvalue weighted by Crippen LogP contribution is -2.30. The first kappa shape index (κ1) is 18.2. The summed E-state index contributed by atoms with van der Waals surface area (Å²) in [6.07, 6.45) is 0.905. The van der Waals surface area contributed by atoms with Crippen molar-refractivity contribution in [3.63, 3.8) is 0 Å². The molecule has 1 N–H and O–H groups in total. The molecule has 1 amide bonds. The molecule has 1 aromatic carbocycles. The van der Waals surface area contributed by atoms with Gasteiger partial charge in [-0.25, -0.2) is 4.79 Å². The van der Waals surface area contributed by atoms with Crippen LogP contribution in [0.25, 0.3) is 11.1 Å². The molecule has 0 unspecified atom stereocenters. The van der Waals surface area contributed by atoms with Crippen molar-refractivity contribution in [2.75, 3.05) is 13.2 Å². The van der Waals surface area contributed by atoms with E-state index in [0.29, 0.717) is 17.3 Å². The van der Waals surface area contributed by atoms with Crippen LogP contribution < -0.4 is 5.32 Å². The Hall–Kier alpha value is -2.14. The van der Waals surface area contributed by atoms with Crippen LogP contribution in [0.4, 0.5) is 0 Å². The second kappa shape index (κ2) is 8.64. The van der Waals surface area contributed by atoms with Crippen molar-refractivity contribution < 1.29 is 14.3 Å². The monoisotopic (exact) mass is 345 g/mol. The van der Waals surface area contributed by atoms with Crippen LogP contribution in [0.1, 0.15) is 35.5 Å². The SMILES string of the molecule is Cc1ccc(-c2ccsc2C(=O)OCC(=O)NCCC(C)C)cc1. The number of carbonyl (C=O) groups excluding carboxylic acids is 2. The van der Waals surface area contributed by atoms with E-state index in [1.54, 1.807) is 0 Å². The van der Waals surface area contributed by atoms with E-state index >= 15 is 0 Å². The summed E-state index contributed by atoms with van der Waals surface area (Å²) in [5, 5.41) is 4.61. The third-order valence-electron chi connectivity index (χ3n) is 3.59. The minimum atomic E-state index is -0.459. The lowest BCUT2D eigenvalue weighted by Gasteiger charge is -2.08. The summed E-state index contributed by atoms with van der Waals surface area (Å²) in [6.45, 7) is 6.56. The molecule has 0 saturated heterocycles. The third-order valence-corrected chi connectivity index (χ3v) is 4.49. The Morgan fingerprint density at radius 3 is 2.54 bits per heavy atom. The Morgan fingerprint density at radius 2 is 1.88 bits per heavy atom. The third kappa shape index (κ3) is 5.20. The molecule has 1 aromatic heterocycles. The average molecular weight is 345 g/mol. The number of aryl methyl sites for hydroxylation is 1. The molecule has 0 spiro atoms. The maximum absolute atomic E-state index is 12.3. The van der Waals surface area contributed by atoms with Crippen LogP contribution in [-0.4, -0.2) is 25.0 Å². The molecule has 0 aliphatic rings. The van der Waals surface area contributed by atoms with E-state index in [0.717, 1.165) is 23.1 Å². The van der Waals surface area contributed by atoms with Gasteiger partial charge in [0.15, 0.2) is 6.61 Å². The van der Waals surface area contributed by atoms with Crippen molar-refractivity contribution in [1.29, 1.82) is 0 Å². The van der Waals surface area contributed by atoms with Crippen molar-refractivity contribution in [1.82, 2.24) is 5.32 Å². The van der Waals surface area contributed by atoms with Crippen LogP contribution >= 0.6 is 11.3 Å². The van der Waals surface area contributed by atoms with Gasteiger partial charge < -0.3 is 10.1 Å². The first-order chi connectivity index (χ1) is 11.5. The lowest BCUT2D eigenvalue weighted by molar-refractivity contribution is -0.124. The van der Waals surface area contributed by atoms with Gasteiger partial charge in [-0.1, -0.05) is 43.7 Å². The number of hydrogen-bond donors (Lipinski definition) is 1. The molecule has 4 nitrogen and oxygen atoms in total. The van der Waals surface area contributed by atoms with Gasteiger partial charge in [0.2, 0.25) is 0 Å². The summed E-state index contributed by atoms with van der Waals surface area (Å²) >= 11 is 1.32. The molecule has 0 fully saturated rings. The highest BCUT2D eigenvalue weighted by Gasteiger charge is 2.17. The maximum Gasteiger partial charge on any atom is 0.349 e. The van der Waals surface area contributed by atoms with E-state index in [2.05, 4.69) is 19.2 Å². The number of rotatable bonds is 7. The number of carbonyl (C=O) groups is 2. The largest absolute Gasteiger partial charge is 0.451 e.